The van der Waals surface area contributed by atoms with Crippen LogP contribution in [-0.2, 0) is 11.0 Å². The van der Waals surface area contributed by atoms with Gasteiger partial charge in [0.2, 0.25) is 0 Å². The van der Waals surface area contributed by atoms with Gasteiger partial charge in [-0.05, 0) is 71.2 Å². The largest absolute Gasteiger partial charge is 0.489 e. The molecule has 0 saturated heterocycles. The maximum Gasteiger partial charge on any atom is 0.196 e. The van der Waals surface area contributed by atoms with E-state index in [1.165, 1.54) is 0 Å². The van der Waals surface area contributed by atoms with Crippen LogP contribution in [0.5, 0.6) is 11.5 Å². The molecule has 1 atom stereocenters. The van der Waals surface area contributed by atoms with Gasteiger partial charge < -0.3 is 13.9 Å². The van der Waals surface area contributed by atoms with Gasteiger partial charge in [-0.2, -0.15) is 0 Å². The Morgan fingerprint density at radius 3 is 2.15 bits per heavy atom. The fraction of sp³-hybridized carbons (Fsp3) is 0.357. The Morgan fingerprint density at radius 1 is 0.824 bits per heavy atom. The lowest BCUT2D eigenvalue weighted by molar-refractivity contribution is -0.00795. The van der Waals surface area contributed by atoms with E-state index in [1.54, 1.807) is 6.07 Å². The van der Waals surface area contributed by atoms with Crippen LogP contribution in [0.15, 0.2) is 66.7 Å². The Balaban J connectivity index is 1.66. The van der Waals surface area contributed by atoms with Crippen molar-refractivity contribution in [2.75, 3.05) is 0 Å². The topological polar surface area (TPSA) is 27.7 Å². The third kappa shape index (κ3) is 7.02. The predicted octanol–water partition coefficient (Wildman–Crippen LogP) is 9.38. The molecule has 3 aromatic carbocycles. The third-order valence-electron chi connectivity index (χ3n) is 6.24. The minimum atomic E-state index is -1.92. The summed E-state index contributed by atoms with van der Waals surface area (Å²) >= 11 is 12.1. The molecule has 0 saturated carbocycles. The first-order valence-electron chi connectivity index (χ1n) is 11.6. The van der Waals surface area contributed by atoms with Crippen molar-refractivity contribution in [3.05, 3.63) is 82.3 Å². The van der Waals surface area contributed by atoms with E-state index in [9.17, 15) is 0 Å². The Hall–Kier alpha value is -1.98. The molecule has 0 aliphatic rings. The van der Waals surface area contributed by atoms with Crippen LogP contribution in [0.2, 0.25) is 28.2 Å². The minimum absolute atomic E-state index is 0.134. The van der Waals surface area contributed by atoms with E-state index in [-0.39, 0.29) is 11.3 Å². The summed E-state index contributed by atoms with van der Waals surface area (Å²) in [5.41, 5.74) is 3.13. The highest BCUT2D eigenvalue weighted by atomic mass is 35.5. The monoisotopic (exact) mass is 516 g/mol. The summed E-state index contributed by atoms with van der Waals surface area (Å²) in [5, 5.41) is 1.20. The van der Waals surface area contributed by atoms with E-state index in [2.05, 4.69) is 52.9 Å². The Labute approximate surface area is 215 Å². The summed E-state index contributed by atoms with van der Waals surface area (Å²) < 4.78 is 18.6. The van der Waals surface area contributed by atoms with Crippen molar-refractivity contribution in [3.8, 4) is 22.6 Å². The molecule has 3 rings (SSSR count). The van der Waals surface area contributed by atoms with Crippen LogP contribution < -0.4 is 9.47 Å². The van der Waals surface area contributed by atoms with Gasteiger partial charge in [0.25, 0.3) is 0 Å². The van der Waals surface area contributed by atoms with E-state index < -0.39 is 8.32 Å². The molecule has 3 nitrogen and oxygen atoms in total. The first-order valence-corrected chi connectivity index (χ1v) is 15.3. The van der Waals surface area contributed by atoms with Crippen LogP contribution in [0, 0.1) is 0 Å². The lowest BCUT2D eigenvalue weighted by Gasteiger charge is -2.38. The number of ether oxygens (including phenoxy) is 2. The molecule has 0 aliphatic carbocycles. The average Bonchev–Trinajstić information content (AvgIpc) is 2.79. The molecule has 0 amide bonds. The molecule has 6 heteroatoms. The maximum absolute atomic E-state index is 6.48. The summed E-state index contributed by atoms with van der Waals surface area (Å²) in [6.07, 6.45) is 0.537. The fourth-order valence-corrected chi connectivity index (χ4v) is 4.68. The van der Waals surface area contributed by atoms with Crippen LogP contribution >= 0.6 is 23.2 Å². The Kier molecular flexibility index (Phi) is 8.75. The summed E-state index contributed by atoms with van der Waals surface area (Å²) in [6, 6.07) is 21.7. The van der Waals surface area contributed by atoms with E-state index >= 15 is 0 Å². The van der Waals surface area contributed by atoms with Gasteiger partial charge in [-0.3, -0.25) is 0 Å². The minimum Gasteiger partial charge on any atom is -0.489 e. The molecule has 0 aliphatic heterocycles. The van der Waals surface area contributed by atoms with Gasteiger partial charge in [0, 0.05) is 6.42 Å². The van der Waals surface area contributed by atoms with Crippen molar-refractivity contribution >= 4 is 31.5 Å². The number of hydrogen-bond acceptors (Lipinski definition) is 3. The van der Waals surface area contributed by atoms with Gasteiger partial charge in [0.1, 0.15) is 18.1 Å². The van der Waals surface area contributed by atoms with Crippen molar-refractivity contribution in [2.45, 2.75) is 65.1 Å². The summed E-state index contributed by atoms with van der Waals surface area (Å²) in [7, 11) is -1.92. The van der Waals surface area contributed by atoms with E-state index in [1.807, 2.05) is 48.5 Å². The van der Waals surface area contributed by atoms with Crippen molar-refractivity contribution in [1.82, 2.24) is 0 Å². The Morgan fingerprint density at radius 2 is 1.53 bits per heavy atom. The summed E-state index contributed by atoms with van der Waals surface area (Å²) in [5.74, 6) is 1.60. The highest BCUT2D eigenvalue weighted by Crippen LogP contribution is 2.38. The molecule has 0 aromatic heterocycles. The molecule has 0 radical (unpaired) electrons. The van der Waals surface area contributed by atoms with Crippen molar-refractivity contribution in [3.63, 3.8) is 0 Å². The lowest BCUT2D eigenvalue weighted by Crippen LogP contribution is -2.45. The molecular weight excluding hydrogens is 483 g/mol. The molecular formula is C28H34Cl2O3Si. The molecule has 182 valence electrons. The van der Waals surface area contributed by atoms with Gasteiger partial charge in [0.05, 0.1) is 10.0 Å². The zero-order valence-electron chi connectivity index (χ0n) is 20.8. The highest BCUT2D eigenvalue weighted by Gasteiger charge is 2.39. The summed E-state index contributed by atoms with van der Waals surface area (Å²) in [6.45, 7) is 13.7. The molecule has 3 aromatic rings. The van der Waals surface area contributed by atoms with Crippen molar-refractivity contribution in [2.24, 2.45) is 0 Å². The van der Waals surface area contributed by atoms with Crippen LogP contribution in [0.25, 0.3) is 11.1 Å². The fourth-order valence-electron chi connectivity index (χ4n) is 3.14. The molecule has 1 unspecified atom stereocenters. The van der Waals surface area contributed by atoms with Gasteiger partial charge >= 0.3 is 0 Å². The molecule has 0 bridgehead atoms. The second-order valence-corrected chi connectivity index (χ2v) is 15.5. The zero-order chi connectivity index (χ0) is 24.9. The summed E-state index contributed by atoms with van der Waals surface area (Å²) in [4.78, 5) is 0. The van der Waals surface area contributed by atoms with Crippen molar-refractivity contribution in [1.29, 1.82) is 0 Å². The maximum atomic E-state index is 6.48. The smallest absolute Gasteiger partial charge is 0.196 e. The van der Waals surface area contributed by atoms with Gasteiger partial charge in [-0.25, -0.2) is 0 Å². The van der Waals surface area contributed by atoms with Gasteiger partial charge in [0.15, 0.2) is 14.6 Å². The molecule has 0 fully saturated rings. The van der Waals surface area contributed by atoms with Crippen LogP contribution in [0.1, 0.15) is 39.7 Å². The molecule has 34 heavy (non-hydrogen) atoms. The molecule has 0 heterocycles. The van der Waals surface area contributed by atoms with Crippen LogP contribution in [-0.4, -0.2) is 14.6 Å². The molecule has 0 spiro atoms. The van der Waals surface area contributed by atoms with Crippen LogP contribution in [0.3, 0.4) is 0 Å². The predicted molar refractivity (Wildman–Crippen MR) is 146 cm³/mol. The first kappa shape index (κ1) is 26.6. The highest BCUT2D eigenvalue weighted by molar-refractivity contribution is 6.74. The number of hydrogen-bond donors (Lipinski definition) is 0. The lowest BCUT2D eigenvalue weighted by atomic mass is 10.1. The second kappa shape index (κ2) is 11.2. The SMILES string of the molecule is CCC(Oc1cccc(-c2ccc(OCc3ccc(Cl)c(Cl)c3)cc2)c1)O[Si](C)(C)C(C)(C)C. The number of rotatable bonds is 9. The number of benzene rings is 3. The van der Waals surface area contributed by atoms with Crippen molar-refractivity contribution < 1.29 is 13.9 Å². The number of halogens is 2. The Bertz CT molecular complexity index is 1090. The third-order valence-corrected chi connectivity index (χ3v) is 11.4. The van der Waals surface area contributed by atoms with E-state index in [4.69, 9.17) is 37.1 Å². The van der Waals surface area contributed by atoms with Gasteiger partial charge in [-0.15, -0.1) is 0 Å². The normalized spacial score (nSPS) is 12.9. The van der Waals surface area contributed by atoms with Crippen LogP contribution in [0.4, 0.5) is 0 Å². The van der Waals surface area contributed by atoms with E-state index in [0.29, 0.717) is 16.7 Å². The quantitative estimate of drug-likeness (QED) is 0.209. The molecule has 0 N–H and O–H groups in total. The standard InChI is InChI=1S/C28H34Cl2O3Si/c1-7-27(33-34(5,6)28(2,3)4)32-24-10-8-9-22(18-24)21-12-14-23(15-13-21)31-19-20-11-16-25(29)26(30)17-20/h8-18,27H,7,19H2,1-6H3. The zero-order valence-corrected chi connectivity index (χ0v) is 23.3. The second-order valence-electron chi connectivity index (χ2n) is 9.92. The average molecular weight is 518 g/mol. The van der Waals surface area contributed by atoms with E-state index in [0.717, 1.165) is 34.6 Å². The first-order chi connectivity index (χ1) is 16.0. The van der Waals surface area contributed by atoms with Gasteiger partial charge in [-0.1, -0.05) is 81.2 Å².